The van der Waals surface area contributed by atoms with Crippen LogP contribution in [0.3, 0.4) is 0 Å². The van der Waals surface area contributed by atoms with Crippen LogP contribution in [-0.4, -0.2) is 56.8 Å². The van der Waals surface area contributed by atoms with Crippen molar-refractivity contribution in [1.82, 2.24) is 4.90 Å². The van der Waals surface area contributed by atoms with E-state index in [0.717, 1.165) is 62.8 Å². The molecule has 1 N–H and O–H groups in total. The van der Waals surface area contributed by atoms with Gasteiger partial charge in [-0.15, -0.1) is 0 Å². The summed E-state index contributed by atoms with van der Waals surface area (Å²) in [5, 5.41) is 3.62. The fraction of sp³-hybridized carbons (Fsp3) is 0.448. The first-order chi connectivity index (χ1) is 16.6. The summed E-state index contributed by atoms with van der Waals surface area (Å²) in [6.45, 7) is 9.50. The van der Waals surface area contributed by atoms with Gasteiger partial charge in [0.15, 0.2) is 0 Å². The fourth-order valence-electron chi connectivity index (χ4n) is 5.56. The predicted molar refractivity (Wildman–Crippen MR) is 143 cm³/mol. The van der Waals surface area contributed by atoms with Crippen molar-refractivity contribution < 1.29 is 4.74 Å². The van der Waals surface area contributed by atoms with Gasteiger partial charge in [-0.05, 0) is 84.7 Å². The van der Waals surface area contributed by atoms with E-state index in [0.29, 0.717) is 11.8 Å². The number of fused-ring (bicyclic) bond motifs is 1. The number of rotatable bonds is 6. The van der Waals surface area contributed by atoms with E-state index >= 15 is 0 Å². The van der Waals surface area contributed by atoms with Gasteiger partial charge in [0.25, 0.3) is 0 Å². The lowest BCUT2D eigenvalue weighted by Crippen LogP contribution is -2.40. The van der Waals surface area contributed by atoms with Crippen LogP contribution < -0.4 is 5.32 Å². The van der Waals surface area contributed by atoms with Gasteiger partial charge in [0.2, 0.25) is 0 Å². The third-order valence-electron chi connectivity index (χ3n) is 7.49. The number of nitrogens with one attached hydrogen (secondary N) is 1. The maximum atomic E-state index is 5.27. The Morgan fingerprint density at radius 3 is 2.85 bits per heavy atom. The average molecular weight is 457 g/mol. The molecule has 178 valence electrons. The van der Waals surface area contributed by atoms with Gasteiger partial charge in [-0.25, -0.2) is 4.99 Å². The van der Waals surface area contributed by atoms with Crippen molar-refractivity contribution in [2.75, 3.05) is 45.2 Å². The maximum Gasteiger partial charge on any atom is 0.107 e. The number of hydrogen-bond donors (Lipinski definition) is 1. The molecule has 5 nitrogen and oxygen atoms in total. The number of aryl methyl sites for hydroxylation is 1. The SMILES string of the molecule is COCCN1CCC(c2cccc(NC3=Nc4ccc(C5=C(C)CN=C5)cc4CC3)c2)[C@H](C)C1. The standard InChI is InChI=1S/C29H36N4O/c1-20-17-30-18-27(20)23-7-9-28-24(15-23)8-10-29(32-28)31-25-6-4-5-22(16-25)26-11-12-33(13-14-34-3)19-21(26)2/h4-7,9,15-16,18,21,26H,8,10-14,17,19H2,1-3H3,(H,31,32)/t21-,26?/m1/s1. The summed E-state index contributed by atoms with van der Waals surface area (Å²) in [6, 6.07) is 15.6. The average Bonchev–Trinajstić information content (AvgIpc) is 3.28. The first-order valence-corrected chi connectivity index (χ1v) is 12.6. The molecule has 2 atom stereocenters. The highest BCUT2D eigenvalue weighted by Crippen LogP contribution is 2.35. The van der Waals surface area contributed by atoms with Crippen LogP contribution in [0.2, 0.25) is 0 Å². The van der Waals surface area contributed by atoms with Crippen LogP contribution in [-0.2, 0) is 11.2 Å². The van der Waals surface area contributed by atoms with Gasteiger partial charge in [-0.1, -0.05) is 25.1 Å². The lowest BCUT2D eigenvalue weighted by atomic mass is 9.81. The molecular weight excluding hydrogens is 420 g/mol. The van der Waals surface area contributed by atoms with Crippen LogP contribution >= 0.6 is 0 Å². The molecule has 2 aromatic rings. The molecule has 0 bridgehead atoms. The maximum absolute atomic E-state index is 5.27. The van der Waals surface area contributed by atoms with Gasteiger partial charge in [0.1, 0.15) is 5.84 Å². The third-order valence-corrected chi connectivity index (χ3v) is 7.49. The number of ether oxygens (including phenoxy) is 1. The molecule has 5 heteroatoms. The molecular formula is C29H36N4O. The van der Waals surface area contributed by atoms with Gasteiger partial charge < -0.3 is 15.0 Å². The van der Waals surface area contributed by atoms with E-state index in [1.807, 2.05) is 6.21 Å². The highest BCUT2D eigenvalue weighted by molar-refractivity contribution is 6.13. The highest BCUT2D eigenvalue weighted by atomic mass is 16.5. The van der Waals surface area contributed by atoms with Crippen molar-refractivity contribution in [3.8, 4) is 0 Å². The van der Waals surface area contributed by atoms with Crippen molar-refractivity contribution in [1.29, 1.82) is 0 Å². The van der Waals surface area contributed by atoms with Crippen LogP contribution in [0.4, 0.5) is 11.4 Å². The molecule has 3 heterocycles. The minimum atomic E-state index is 0.602. The Morgan fingerprint density at radius 2 is 2.06 bits per heavy atom. The number of amidine groups is 1. The number of aliphatic imine (C=N–C) groups is 2. The first-order valence-electron chi connectivity index (χ1n) is 12.6. The number of methoxy groups -OCH3 is 1. The van der Waals surface area contributed by atoms with Gasteiger partial charge >= 0.3 is 0 Å². The Bertz CT molecular complexity index is 1130. The molecule has 0 radical (unpaired) electrons. The Labute approximate surface area is 203 Å². The topological polar surface area (TPSA) is 49.2 Å². The van der Waals surface area contributed by atoms with Crippen LogP contribution in [0.1, 0.15) is 49.3 Å². The van der Waals surface area contributed by atoms with E-state index < -0.39 is 0 Å². The van der Waals surface area contributed by atoms with E-state index in [2.05, 4.69) is 71.5 Å². The minimum absolute atomic E-state index is 0.602. The zero-order valence-corrected chi connectivity index (χ0v) is 20.7. The second-order valence-electron chi connectivity index (χ2n) is 9.98. The van der Waals surface area contributed by atoms with E-state index in [1.54, 1.807) is 7.11 Å². The number of allylic oxidation sites excluding steroid dienone is 1. The molecule has 0 aliphatic carbocycles. The van der Waals surface area contributed by atoms with E-state index in [9.17, 15) is 0 Å². The zero-order chi connectivity index (χ0) is 23.5. The number of piperidine rings is 1. The van der Waals surface area contributed by atoms with Crippen LogP contribution in [0.5, 0.6) is 0 Å². The molecule has 1 unspecified atom stereocenters. The van der Waals surface area contributed by atoms with Crippen molar-refractivity contribution in [2.24, 2.45) is 15.9 Å². The van der Waals surface area contributed by atoms with Crippen LogP contribution in [0, 0.1) is 5.92 Å². The number of likely N-dealkylation sites (tertiary alicyclic amines) is 1. The summed E-state index contributed by atoms with van der Waals surface area (Å²) >= 11 is 0. The van der Waals surface area contributed by atoms with Gasteiger partial charge in [-0.3, -0.25) is 4.99 Å². The number of hydrogen-bond acceptors (Lipinski definition) is 5. The minimum Gasteiger partial charge on any atom is -0.383 e. The predicted octanol–water partition coefficient (Wildman–Crippen LogP) is 5.70. The van der Waals surface area contributed by atoms with Crippen molar-refractivity contribution in [3.05, 3.63) is 64.7 Å². The molecule has 3 aliphatic rings. The van der Waals surface area contributed by atoms with Crippen molar-refractivity contribution in [2.45, 2.75) is 39.0 Å². The fourth-order valence-corrected chi connectivity index (χ4v) is 5.56. The van der Waals surface area contributed by atoms with Crippen molar-refractivity contribution in [3.63, 3.8) is 0 Å². The van der Waals surface area contributed by atoms with Gasteiger partial charge in [0, 0.05) is 44.1 Å². The summed E-state index contributed by atoms with van der Waals surface area (Å²) in [5.74, 6) is 2.29. The highest BCUT2D eigenvalue weighted by Gasteiger charge is 2.27. The Kier molecular flexibility index (Phi) is 6.93. The molecule has 0 spiro atoms. The summed E-state index contributed by atoms with van der Waals surface area (Å²) in [5.41, 5.74) is 8.87. The monoisotopic (exact) mass is 456 g/mol. The number of benzene rings is 2. The molecule has 0 amide bonds. The summed E-state index contributed by atoms with van der Waals surface area (Å²) in [6.07, 6.45) is 5.15. The molecule has 5 rings (SSSR count). The summed E-state index contributed by atoms with van der Waals surface area (Å²) in [7, 11) is 1.78. The van der Waals surface area contributed by atoms with Crippen molar-refractivity contribution >= 4 is 29.0 Å². The van der Waals surface area contributed by atoms with E-state index in [4.69, 9.17) is 9.73 Å². The van der Waals surface area contributed by atoms with Crippen LogP contribution in [0.15, 0.2) is 58.0 Å². The smallest absolute Gasteiger partial charge is 0.107 e. The second kappa shape index (κ2) is 10.2. The summed E-state index contributed by atoms with van der Waals surface area (Å²) < 4.78 is 5.27. The molecule has 0 aromatic heterocycles. The Hall–Kier alpha value is -2.76. The van der Waals surface area contributed by atoms with Gasteiger partial charge in [-0.2, -0.15) is 0 Å². The molecule has 2 aromatic carbocycles. The Morgan fingerprint density at radius 1 is 1.15 bits per heavy atom. The normalized spacial score (nSPS) is 22.6. The molecule has 1 fully saturated rings. The lowest BCUT2D eigenvalue weighted by molar-refractivity contribution is 0.109. The number of nitrogens with zero attached hydrogens (tertiary/aromatic N) is 3. The molecule has 0 saturated carbocycles. The quantitative estimate of drug-likeness (QED) is 0.606. The molecule has 3 aliphatic heterocycles. The molecule has 1 saturated heterocycles. The number of anilines is 1. The summed E-state index contributed by atoms with van der Waals surface area (Å²) in [4.78, 5) is 11.9. The molecule has 34 heavy (non-hydrogen) atoms. The zero-order valence-electron chi connectivity index (χ0n) is 20.7. The first kappa shape index (κ1) is 23.0. The van der Waals surface area contributed by atoms with Crippen LogP contribution in [0.25, 0.3) is 5.57 Å². The van der Waals surface area contributed by atoms with E-state index in [-0.39, 0.29) is 0 Å². The lowest BCUT2D eigenvalue weighted by Gasteiger charge is -2.37. The largest absolute Gasteiger partial charge is 0.383 e. The second-order valence-corrected chi connectivity index (χ2v) is 9.98. The Balaban J connectivity index is 1.27. The van der Waals surface area contributed by atoms with E-state index in [1.165, 1.54) is 34.3 Å². The third kappa shape index (κ3) is 5.01. The van der Waals surface area contributed by atoms with Gasteiger partial charge in [0.05, 0.1) is 18.8 Å².